The number of hydrazone groups is 1. The molecular formula is C18H16F2N2. The molecule has 4 heteroatoms. The first-order valence-electron chi connectivity index (χ1n) is 7.45. The van der Waals surface area contributed by atoms with Crippen molar-refractivity contribution in [2.24, 2.45) is 5.10 Å². The van der Waals surface area contributed by atoms with Crippen LogP contribution in [0.15, 0.2) is 47.6 Å². The Labute approximate surface area is 128 Å². The Balaban J connectivity index is 1.76. The van der Waals surface area contributed by atoms with Gasteiger partial charge in [-0.3, -0.25) is 5.01 Å². The van der Waals surface area contributed by atoms with E-state index < -0.39 is 11.6 Å². The molecule has 2 aromatic rings. The normalized spacial score (nSPS) is 23.0. The van der Waals surface area contributed by atoms with E-state index in [4.69, 9.17) is 0 Å². The Hall–Kier alpha value is -2.23. The Morgan fingerprint density at radius 2 is 1.95 bits per heavy atom. The van der Waals surface area contributed by atoms with Crippen LogP contribution >= 0.6 is 0 Å². The maximum Gasteiger partial charge on any atom is 0.132 e. The Morgan fingerprint density at radius 1 is 1.14 bits per heavy atom. The number of hydrogen-bond donors (Lipinski definition) is 0. The minimum absolute atomic E-state index is 0.218. The molecule has 1 unspecified atom stereocenters. The van der Waals surface area contributed by atoms with E-state index in [9.17, 15) is 8.78 Å². The molecule has 2 nitrogen and oxygen atoms in total. The van der Waals surface area contributed by atoms with Gasteiger partial charge in [0.25, 0.3) is 0 Å². The van der Waals surface area contributed by atoms with Gasteiger partial charge in [0.1, 0.15) is 11.6 Å². The van der Waals surface area contributed by atoms with Crippen LogP contribution in [0.2, 0.25) is 0 Å². The number of aryl methyl sites for hydroxylation is 1. The monoisotopic (exact) mass is 298 g/mol. The van der Waals surface area contributed by atoms with Crippen LogP contribution in [-0.4, -0.2) is 17.8 Å². The zero-order valence-electron chi connectivity index (χ0n) is 12.3. The summed E-state index contributed by atoms with van der Waals surface area (Å²) in [7, 11) is 1.92. The molecule has 0 saturated heterocycles. The third-order valence-corrected chi connectivity index (χ3v) is 4.92. The quantitative estimate of drug-likeness (QED) is 0.781. The van der Waals surface area contributed by atoms with Crippen molar-refractivity contribution in [3.63, 3.8) is 0 Å². The van der Waals surface area contributed by atoms with Gasteiger partial charge >= 0.3 is 0 Å². The molecule has 22 heavy (non-hydrogen) atoms. The average Bonchev–Trinajstić information content (AvgIpc) is 3.05. The van der Waals surface area contributed by atoms with Crippen LogP contribution in [-0.2, 0) is 12.0 Å². The predicted molar refractivity (Wildman–Crippen MR) is 81.7 cm³/mol. The summed E-state index contributed by atoms with van der Waals surface area (Å²) in [5.41, 5.74) is 3.26. The maximum atomic E-state index is 14.1. The van der Waals surface area contributed by atoms with Crippen LogP contribution in [0.5, 0.6) is 0 Å². The fourth-order valence-electron chi connectivity index (χ4n) is 3.76. The van der Waals surface area contributed by atoms with E-state index in [-0.39, 0.29) is 11.1 Å². The third-order valence-electron chi connectivity index (χ3n) is 4.92. The molecule has 4 rings (SSSR count). The fourth-order valence-corrected chi connectivity index (χ4v) is 3.76. The van der Waals surface area contributed by atoms with Gasteiger partial charge in [-0.15, -0.1) is 0 Å². The van der Waals surface area contributed by atoms with Crippen molar-refractivity contribution in [2.75, 3.05) is 7.05 Å². The number of nitrogens with zero attached hydrogens (tertiary/aromatic N) is 2. The van der Waals surface area contributed by atoms with Gasteiger partial charge < -0.3 is 0 Å². The van der Waals surface area contributed by atoms with Crippen LogP contribution in [0.3, 0.4) is 0 Å². The van der Waals surface area contributed by atoms with Crippen LogP contribution in [0.1, 0.15) is 29.5 Å². The maximum absolute atomic E-state index is 14.1. The second-order valence-corrected chi connectivity index (χ2v) is 6.06. The molecule has 0 radical (unpaired) electrons. The van der Waals surface area contributed by atoms with Crippen molar-refractivity contribution in [2.45, 2.75) is 24.8 Å². The van der Waals surface area contributed by atoms with E-state index in [1.54, 1.807) is 0 Å². The molecule has 0 aromatic heterocycles. The molecule has 0 amide bonds. The van der Waals surface area contributed by atoms with Gasteiger partial charge in [-0.25, -0.2) is 8.78 Å². The van der Waals surface area contributed by atoms with Gasteiger partial charge in [0.15, 0.2) is 0 Å². The minimum atomic E-state index is -0.436. The highest BCUT2D eigenvalue weighted by Gasteiger charge is 2.46. The van der Waals surface area contributed by atoms with Crippen molar-refractivity contribution in [1.29, 1.82) is 0 Å². The number of rotatable bonds is 1. The summed E-state index contributed by atoms with van der Waals surface area (Å²) in [4.78, 5) is 0. The van der Waals surface area contributed by atoms with E-state index in [0.717, 1.165) is 18.9 Å². The first-order valence-corrected chi connectivity index (χ1v) is 7.45. The van der Waals surface area contributed by atoms with Crippen LogP contribution in [0.25, 0.3) is 0 Å². The van der Waals surface area contributed by atoms with Crippen LogP contribution < -0.4 is 0 Å². The summed E-state index contributed by atoms with van der Waals surface area (Å²) < 4.78 is 27.5. The Morgan fingerprint density at radius 3 is 2.82 bits per heavy atom. The Kier molecular flexibility index (Phi) is 2.83. The van der Waals surface area contributed by atoms with Crippen LogP contribution in [0.4, 0.5) is 8.78 Å². The summed E-state index contributed by atoms with van der Waals surface area (Å²) in [6.45, 7) is 0. The summed E-state index contributed by atoms with van der Waals surface area (Å²) in [5.74, 6) is -0.855. The smallest absolute Gasteiger partial charge is 0.132 e. The molecule has 0 saturated carbocycles. The summed E-state index contributed by atoms with van der Waals surface area (Å²) in [5, 5.41) is 6.47. The lowest BCUT2D eigenvalue weighted by Crippen LogP contribution is -2.35. The number of benzene rings is 2. The largest absolute Gasteiger partial charge is 0.289 e. The van der Waals surface area contributed by atoms with Gasteiger partial charge in [-0.1, -0.05) is 24.3 Å². The van der Waals surface area contributed by atoms with Crippen LogP contribution in [0, 0.1) is 11.6 Å². The lowest BCUT2D eigenvalue weighted by molar-refractivity contribution is 0.153. The van der Waals surface area contributed by atoms with E-state index >= 15 is 0 Å². The molecule has 1 aliphatic carbocycles. The minimum Gasteiger partial charge on any atom is -0.289 e. The number of halogens is 2. The first-order chi connectivity index (χ1) is 10.6. The molecule has 1 heterocycles. The molecule has 112 valence electrons. The molecule has 0 N–H and O–H groups in total. The van der Waals surface area contributed by atoms with Crippen molar-refractivity contribution in [3.05, 3.63) is 70.8 Å². The van der Waals surface area contributed by atoms with Gasteiger partial charge in [0.2, 0.25) is 0 Å². The topological polar surface area (TPSA) is 15.6 Å². The van der Waals surface area contributed by atoms with Gasteiger partial charge in [0.05, 0.1) is 11.3 Å². The molecule has 1 spiro atoms. The van der Waals surface area contributed by atoms with Crippen molar-refractivity contribution in [3.8, 4) is 0 Å². The zero-order valence-corrected chi connectivity index (χ0v) is 12.3. The highest BCUT2D eigenvalue weighted by Crippen LogP contribution is 2.47. The van der Waals surface area contributed by atoms with E-state index in [2.05, 4.69) is 17.2 Å². The molecule has 2 aliphatic rings. The summed E-state index contributed by atoms with van der Waals surface area (Å²) in [6.07, 6.45) is 2.56. The van der Waals surface area contributed by atoms with Crippen molar-refractivity contribution < 1.29 is 8.78 Å². The SMILES string of the molecule is CN1N=C(c2cc(F)ccc2F)CC12CCc1ccccc12. The lowest BCUT2D eigenvalue weighted by Gasteiger charge is -2.32. The standard InChI is InChI=1S/C18H16F2N2/c1-22-18(9-8-12-4-2-3-5-15(12)18)11-17(21-22)14-10-13(19)6-7-16(14)20/h2-7,10H,8-9,11H2,1H3. The lowest BCUT2D eigenvalue weighted by atomic mass is 9.85. The molecule has 0 fully saturated rings. The third kappa shape index (κ3) is 1.79. The molecule has 0 bridgehead atoms. The second kappa shape index (κ2) is 4.63. The zero-order chi connectivity index (χ0) is 15.3. The molecular weight excluding hydrogens is 282 g/mol. The number of hydrogen-bond acceptors (Lipinski definition) is 2. The molecule has 1 aliphatic heterocycles. The number of fused-ring (bicyclic) bond motifs is 2. The average molecular weight is 298 g/mol. The van der Waals surface area contributed by atoms with Gasteiger partial charge in [0, 0.05) is 19.0 Å². The van der Waals surface area contributed by atoms with Crippen molar-refractivity contribution in [1.82, 2.24) is 5.01 Å². The molecule has 2 aromatic carbocycles. The predicted octanol–water partition coefficient (Wildman–Crippen LogP) is 3.85. The Bertz CT molecular complexity index is 784. The van der Waals surface area contributed by atoms with E-state index in [1.807, 2.05) is 24.2 Å². The van der Waals surface area contributed by atoms with Gasteiger partial charge in [-0.2, -0.15) is 5.10 Å². The van der Waals surface area contributed by atoms with Crippen molar-refractivity contribution >= 4 is 5.71 Å². The summed E-state index contributed by atoms with van der Waals surface area (Å²) >= 11 is 0. The van der Waals surface area contributed by atoms with Gasteiger partial charge in [-0.05, 0) is 42.2 Å². The second-order valence-electron chi connectivity index (χ2n) is 6.06. The fraction of sp³-hybridized carbons (Fsp3) is 0.278. The molecule has 1 atom stereocenters. The van der Waals surface area contributed by atoms with E-state index in [1.165, 1.54) is 23.3 Å². The highest BCUT2D eigenvalue weighted by molar-refractivity contribution is 6.02. The van der Waals surface area contributed by atoms with E-state index in [0.29, 0.717) is 12.1 Å². The highest BCUT2D eigenvalue weighted by atomic mass is 19.1. The first kappa shape index (κ1) is 13.4. The summed E-state index contributed by atoms with van der Waals surface area (Å²) in [6, 6.07) is 11.9.